The highest BCUT2D eigenvalue weighted by atomic mass is 14.9. The zero-order chi connectivity index (χ0) is 15.5. The van der Waals surface area contributed by atoms with Crippen LogP contribution >= 0.6 is 0 Å². The van der Waals surface area contributed by atoms with Crippen LogP contribution in [0.3, 0.4) is 0 Å². The van der Waals surface area contributed by atoms with Crippen molar-refractivity contribution in [3.05, 3.63) is 77.4 Å². The predicted molar refractivity (Wildman–Crippen MR) is 90.6 cm³/mol. The summed E-state index contributed by atoms with van der Waals surface area (Å²) in [6.07, 6.45) is 0.826. The molecular formula is C19H19N3. The van der Waals surface area contributed by atoms with Crippen LogP contribution in [0, 0.1) is 13.8 Å². The number of benzene rings is 2. The topological polar surface area (TPSA) is 51.8 Å². The molecule has 110 valence electrons. The van der Waals surface area contributed by atoms with Crippen molar-refractivity contribution >= 4 is 5.69 Å². The molecule has 0 aliphatic heterocycles. The summed E-state index contributed by atoms with van der Waals surface area (Å²) >= 11 is 0. The second-order valence-electron chi connectivity index (χ2n) is 5.54. The predicted octanol–water partition coefficient (Wildman–Crippen LogP) is 3.93. The maximum absolute atomic E-state index is 5.73. The normalized spacial score (nSPS) is 10.6. The molecular weight excluding hydrogens is 270 g/mol. The highest BCUT2D eigenvalue weighted by molar-refractivity contribution is 5.65. The molecule has 0 aliphatic carbocycles. The van der Waals surface area contributed by atoms with E-state index in [0.717, 1.165) is 29.3 Å². The average Bonchev–Trinajstić information content (AvgIpc) is 2.48. The molecule has 2 N–H and O–H groups in total. The van der Waals surface area contributed by atoms with Gasteiger partial charge in [-0.25, -0.2) is 9.97 Å². The lowest BCUT2D eigenvalue weighted by Crippen LogP contribution is -1.98. The first kappa shape index (κ1) is 14.3. The Morgan fingerprint density at radius 2 is 1.41 bits per heavy atom. The Kier molecular flexibility index (Phi) is 3.88. The third kappa shape index (κ3) is 3.31. The van der Waals surface area contributed by atoms with Gasteiger partial charge in [-0.2, -0.15) is 0 Å². The number of nitrogen functional groups attached to an aromatic ring is 1. The van der Waals surface area contributed by atoms with Crippen molar-refractivity contribution < 1.29 is 0 Å². The highest BCUT2D eigenvalue weighted by Gasteiger charge is 2.02. The molecule has 0 bridgehead atoms. The number of rotatable bonds is 3. The molecule has 0 unspecified atom stereocenters. The van der Waals surface area contributed by atoms with E-state index in [1.165, 1.54) is 16.7 Å². The van der Waals surface area contributed by atoms with Crippen molar-refractivity contribution in [2.24, 2.45) is 0 Å². The van der Waals surface area contributed by atoms with Crippen molar-refractivity contribution in [2.75, 3.05) is 5.73 Å². The molecule has 3 nitrogen and oxygen atoms in total. The molecule has 0 atom stereocenters. The zero-order valence-electron chi connectivity index (χ0n) is 12.9. The Balaban J connectivity index is 1.80. The first-order valence-electron chi connectivity index (χ1n) is 7.36. The monoisotopic (exact) mass is 289 g/mol. The van der Waals surface area contributed by atoms with Crippen LogP contribution < -0.4 is 5.73 Å². The van der Waals surface area contributed by atoms with Gasteiger partial charge in [0.1, 0.15) is 5.82 Å². The van der Waals surface area contributed by atoms with Crippen molar-refractivity contribution in [1.82, 2.24) is 9.97 Å². The maximum atomic E-state index is 5.73. The fraction of sp³-hybridized carbons (Fsp3) is 0.158. The van der Waals surface area contributed by atoms with E-state index in [0.29, 0.717) is 0 Å². The molecule has 3 rings (SSSR count). The molecule has 1 heterocycles. The fourth-order valence-electron chi connectivity index (χ4n) is 2.58. The van der Waals surface area contributed by atoms with Gasteiger partial charge in [0.05, 0.1) is 0 Å². The second-order valence-corrected chi connectivity index (χ2v) is 5.54. The summed E-state index contributed by atoms with van der Waals surface area (Å²) in [5, 5.41) is 0. The molecule has 0 fully saturated rings. The summed E-state index contributed by atoms with van der Waals surface area (Å²) in [6.45, 7) is 3.93. The van der Waals surface area contributed by atoms with E-state index in [4.69, 9.17) is 5.73 Å². The van der Waals surface area contributed by atoms with Crippen LogP contribution in [-0.2, 0) is 6.42 Å². The lowest BCUT2D eigenvalue weighted by Gasteiger charge is -2.06. The number of anilines is 1. The van der Waals surface area contributed by atoms with E-state index >= 15 is 0 Å². The van der Waals surface area contributed by atoms with Crippen LogP contribution in [0.15, 0.2) is 54.6 Å². The van der Waals surface area contributed by atoms with Crippen LogP contribution in [0.1, 0.15) is 22.8 Å². The van der Waals surface area contributed by atoms with Crippen LogP contribution in [0.2, 0.25) is 0 Å². The number of hydrogen-bond acceptors (Lipinski definition) is 3. The van der Waals surface area contributed by atoms with E-state index < -0.39 is 0 Å². The summed E-state index contributed by atoms with van der Waals surface area (Å²) in [4.78, 5) is 8.81. The minimum atomic E-state index is 0.787. The Labute approximate surface area is 130 Å². The molecule has 0 saturated carbocycles. The van der Waals surface area contributed by atoms with Gasteiger partial charge in [0.2, 0.25) is 0 Å². The standard InChI is InChI=1S/C19H19N3/c1-13-11-19(22-14(2)21-13)12-15-3-5-16(6-4-15)17-7-9-18(20)10-8-17/h3-11H,12,20H2,1-2H3. The molecule has 0 radical (unpaired) electrons. The summed E-state index contributed by atoms with van der Waals surface area (Å²) in [7, 11) is 0. The van der Waals surface area contributed by atoms with Gasteiger partial charge in [-0.1, -0.05) is 36.4 Å². The summed E-state index contributed by atoms with van der Waals surface area (Å²) < 4.78 is 0. The number of aryl methyl sites for hydroxylation is 2. The van der Waals surface area contributed by atoms with Crippen molar-refractivity contribution in [1.29, 1.82) is 0 Å². The SMILES string of the molecule is Cc1cc(Cc2ccc(-c3ccc(N)cc3)cc2)nc(C)n1. The van der Waals surface area contributed by atoms with Gasteiger partial charge in [0.15, 0.2) is 0 Å². The third-order valence-corrected chi connectivity index (χ3v) is 3.60. The van der Waals surface area contributed by atoms with E-state index in [1.54, 1.807) is 0 Å². The maximum Gasteiger partial charge on any atom is 0.125 e. The fourth-order valence-corrected chi connectivity index (χ4v) is 2.58. The average molecular weight is 289 g/mol. The summed E-state index contributed by atoms with van der Waals surface area (Å²) in [6, 6.07) is 18.6. The van der Waals surface area contributed by atoms with Gasteiger partial charge in [-0.3, -0.25) is 0 Å². The molecule has 0 aliphatic rings. The zero-order valence-corrected chi connectivity index (χ0v) is 12.9. The number of hydrogen-bond donors (Lipinski definition) is 1. The summed E-state index contributed by atoms with van der Waals surface area (Å²) in [5.74, 6) is 0.827. The number of aromatic nitrogens is 2. The Bertz CT molecular complexity index is 755. The smallest absolute Gasteiger partial charge is 0.125 e. The first-order chi connectivity index (χ1) is 10.6. The minimum Gasteiger partial charge on any atom is -0.399 e. The van der Waals surface area contributed by atoms with E-state index in [2.05, 4.69) is 34.2 Å². The molecule has 1 aromatic heterocycles. The molecule has 0 amide bonds. The van der Waals surface area contributed by atoms with Crippen molar-refractivity contribution in [3.63, 3.8) is 0 Å². The van der Waals surface area contributed by atoms with E-state index in [-0.39, 0.29) is 0 Å². The molecule has 22 heavy (non-hydrogen) atoms. The van der Waals surface area contributed by atoms with Gasteiger partial charge < -0.3 is 5.73 Å². The minimum absolute atomic E-state index is 0.787. The van der Waals surface area contributed by atoms with Crippen LogP contribution in [0.4, 0.5) is 5.69 Å². The lowest BCUT2D eigenvalue weighted by molar-refractivity contribution is 0.942. The molecule has 3 heteroatoms. The quantitative estimate of drug-likeness (QED) is 0.743. The molecule has 2 aromatic carbocycles. The van der Waals surface area contributed by atoms with Crippen LogP contribution in [0.25, 0.3) is 11.1 Å². The lowest BCUT2D eigenvalue weighted by atomic mass is 10.0. The van der Waals surface area contributed by atoms with Gasteiger partial charge >= 0.3 is 0 Å². The second kappa shape index (κ2) is 5.98. The van der Waals surface area contributed by atoms with Gasteiger partial charge in [-0.15, -0.1) is 0 Å². The largest absolute Gasteiger partial charge is 0.399 e. The number of nitrogens with two attached hydrogens (primary N) is 1. The van der Waals surface area contributed by atoms with Crippen LogP contribution in [-0.4, -0.2) is 9.97 Å². The van der Waals surface area contributed by atoms with Gasteiger partial charge in [-0.05, 0) is 48.7 Å². The molecule has 0 saturated heterocycles. The van der Waals surface area contributed by atoms with E-state index in [1.807, 2.05) is 44.2 Å². The molecule has 3 aromatic rings. The number of nitrogens with zero attached hydrogens (tertiary/aromatic N) is 2. The van der Waals surface area contributed by atoms with E-state index in [9.17, 15) is 0 Å². The van der Waals surface area contributed by atoms with Gasteiger partial charge in [0, 0.05) is 23.5 Å². The molecule has 0 spiro atoms. The third-order valence-electron chi connectivity index (χ3n) is 3.60. The first-order valence-corrected chi connectivity index (χ1v) is 7.36. The van der Waals surface area contributed by atoms with Gasteiger partial charge in [0.25, 0.3) is 0 Å². The van der Waals surface area contributed by atoms with Crippen molar-refractivity contribution in [3.8, 4) is 11.1 Å². The summed E-state index contributed by atoms with van der Waals surface area (Å²) in [5.41, 5.74) is 12.2. The Morgan fingerprint density at radius 1 is 0.818 bits per heavy atom. The Morgan fingerprint density at radius 3 is 2.00 bits per heavy atom. The Hall–Kier alpha value is -2.68. The van der Waals surface area contributed by atoms with Crippen molar-refractivity contribution in [2.45, 2.75) is 20.3 Å². The van der Waals surface area contributed by atoms with Crippen LogP contribution in [0.5, 0.6) is 0 Å². The highest BCUT2D eigenvalue weighted by Crippen LogP contribution is 2.21.